The van der Waals surface area contributed by atoms with Gasteiger partial charge in [-0.05, 0) is 61.7 Å². The number of halogens is 1. The highest BCUT2D eigenvalue weighted by Crippen LogP contribution is 2.42. The lowest BCUT2D eigenvalue weighted by Gasteiger charge is -2.39. The fourth-order valence-corrected chi connectivity index (χ4v) is 5.09. The maximum absolute atomic E-state index is 14.5. The second kappa shape index (κ2) is 8.79. The number of hydrogen-bond acceptors (Lipinski definition) is 2. The number of carbonyl (C=O) groups is 2. The van der Waals surface area contributed by atoms with E-state index in [9.17, 15) is 14.0 Å². The molecule has 0 saturated heterocycles. The van der Waals surface area contributed by atoms with Crippen molar-refractivity contribution in [3.05, 3.63) is 119 Å². The smallest absolute Gasteiger partial charge is 0.257 e. The van der Waals surface area contributed by atoms with Crippen LogP contribution >= 0.6 is 0 Å². The topological polar surface area (TPSA) is 45.6 Å². The van der Waals surface area contributed by atoms with Crippen molar-refractivity contribution in [3.63, 3.8) is 0 Å². The first-order valence-electron chi connectivity index (χ1n) is 12.2. The van der Waals surface area contributed by atoms with Crippen LogP contribution in [0.2, 0.25) is 0 Å². The Kier molecular flexibility index (Phi) is 5.44. The van der Waals surface area contributed by atoms with Crippen LogP contribution in [0.1, 0.15) is 46.1 Å². The minimum atomic E-state index is -0.570. The zero-order valence-corrected chi connectivity index (χ0v) is 20.0. The molecule has 2 aliphatic rings. The Balaban J connectivity index is 1.42. The molecular formula is C30H26FN3O2. The third-order valence-corrected chi connectivity index (χ3v) is 7.04. The minimum absolute atomic E-state index is 0.000190. The van der Waals surface area contributed by atoms with Gasteiger partial charge in [-0.2, -0.15) is 0 Å². The third-order valence-electron chi connectivity index (χ3n) is 7.04. The van der Waals surface area contributed by atoms with E-state index in [1.165, 1.54) is 12.1 Å². The Morgan fingerprint density at radius 3 is 2.31 bits per heavy atom. The van der Waals surface area contributed by atoms with E-state index in [4.69, 9.17) is 0 Å². The molecule has 1 aliphatic carbocycles. The summed E-state index contributed by atoms with van der Waals surface area (Å²) in [7, 11) is 0. The molecule has 180 valence electrons. The number of amides is 2. The summed E-state index contributed by atoms with van der Waals surface area (Å²) in [6, 6.07) is 25.6. The number of aromatic nitrogens is 1. The molecule has 1 fully saturated rings. The van der Waals surface area contributed by atoms with Crippen LogP contribution in [0.5, 0.6) is 0 Å². The highest BCUT2D eigenvalue weighted by molar-refractivity contribution is 6.03. The van der Waals surface area contributed by atoms with Crippen molar-refractivity contribution in [1.29, 1.82) is 0 Å². The monoisotopic (exact) mass is 479 g/mol. The predicted molar refractivity (Wildman–Crippen MR) is 137 cm³/mol. The van der Waals surface area contributed by atoms with Crippen LogP contribution in [0.3, 0.4) is 0 Å². The van der Waals surface area contributed by atoms with Crippen molar-refractivity contribution in [3.8, 4) is 5.69 Å². The molecule has 0 bridgehead atoms. The molecule has 6 heteroatoms. The van der Waals surface area contributed by atoms with Gasteiger partial charge in [0, 0.05) is 12.2 Å². The molecule has 0 spiro atoms. The van der Waals surface area contributed by atoms with Gasteiger partial charge in [0.25, 0.3) is 5.91 Å². The van der Waals surface area contributed by atoms with Crippen LogP contribution in [-0.2, 0) is 4.79 Å². The van der Waals surface area contributed by atoms with Gasteiger partial charge in [-0.1, -0.05) is 54.1 Å². The summed E-state index contributed by atoms with van der Waals surface area (Å²) in [5.74, 6) is -1.21. The summed E-state index contributed by atoms with van der Waals surface area (Å²) in [6.07, 6.45) is 3.64. The molecular weight excluding hydrogens is 453 g/mol. The van der Waals surface area contributed by atoms with Gasteiger partial charge in [0.15, 0.2) is 0 Å². The molecule has 5 nitrogen and oxygen atoms in total. The van der Waals surface area contributed by atoms with Crippen molar-refractivity contribution < 1.29 is 14.0 Å². The average Bonchev–Trinajstić information content (AvgIpc) is 3.62. The van der Waals surface area contributed by atoms with Crippen molar-refractivity contribution in [2.24, 2.45) is 0 Å². The second-order valence-electron chi connectivity index (χ2n) is 9.51. The minimum Gasteiger partial charge on any atom is -0.326 e. The third kappa shape index (κ3) is 3.79. The zero-order valence-electron chi connectivity index (χ0n) is 20.0. The van der Waals surface area contributed by atoms with Crippen LogP contribution in [0, 0.1) is 12.7 Å². The average molecular weight is 480 g/mol. The number of carbonyl (C=O) groups excluding carboxylic acids is 2. The summed E-state index contributed by atoms with van der Waals surface area (Å²) in [4.78, 5) is 30.9. The van der Waals surface area contributed by atoms with Gasteiger partial charge in [0.1, 0.15) is 18.4 Å². The molecule has 0 N–H and O–H groups in total. The summed E-state index contributed by atoms with van der Waals surface area (Å²) in [6.45, 7) is 1.92. The number of para-hydroxylation sites is 2. The van der Waals surface area contributed by atoms with Crippen molar-refractivity contribution in [1.82, 2.24) is 9.47 Å². The van der Waals surface area contributed by atoms with Crippen molar-refractivity contribution in [2.45, 2.75) is 31.8 Å². The summed E-state index contributed by atoms with van der Waals surface area (Å²) in [5, 5.41) is 0. The number of benzene rings is 3. The van der Waals surface area contributed by atoms with Gasteiger partial charge in [-0.25, -0.2) is 4.39 Å². The Labute approximate surface area is 209 Å². The molecule has 6 rings (SSSR count). The van der Waals surface area contributed by atoms with Gasteiger partial charge < -0.3 is 9.47 Å². The highest BCUT2D eigenvalue weighted by atomic mass is 19.1. The van der Waals surface area contributed by atoms with Crippen LogP contribution in [-0.4, -0.2) is 33.9 Å². The van der Waals surface area contributed by atoms with E-state index in [0.29, 0.717) is 0 Å². The summed E-state index contributed by atoms with van der Waals surface area (Å²) >= 11 is 0. The molecule has 2 amide bonds. The van der Waals surface area contributed by atoms with E-state index in [1.54, 1.807) is 21.9 Å². The fraction of sp³-hybridized carbons (Fsp3) is 0.200. The van der Waals surface area contributed by atoms with Gasteiger partial charge in [0.05, 0.1) is 22.6 Å². The number of anilines is 1. The summed E-state index contributed by atoms with van der Waals surface area (Å²) in [5.41, 5.74) is 4.79. The van der Waals surface area contributed by atoms with Gasteiger partial charge in [-0.15, -0.1) is 0 Å². The Morgan fingerprint density at radius 1 is 0.889 bits per heavy atom. The molecule has 1 aromatic heterocycles. The Morgan fingerprint density at radius 2 is 1.58 bits per heavy atom. The first kappa shape index (κ1) is 22.3. The predicted octanol–water partition coefficient (Wildman–Crippen LogP) is 5.67. The van der Waals surface area contributed by atoms with Crippen LogP contribution < -0.4 is 4.90 Å². The Hall–Kier alpha value is -4.19. The number of nitrogens with zero attached hydrogens (tertiary/aromatic N) is 3. The number of fused-ring (bicyclic) bond motifs is 3. The number of aryl methyl sites for hydroxylation is 1. The second-order valence-corrected chi connectivity index (χ2v) is 9.51. The van der Waals surface area contributed by atoms with Crippen LogP contribution in [0.4, 0.5) is 10.1 Å². The molecule has 36 heavy (non-hydrogen) atoms. The van der Waals surface area contributed by atoms with Gasteiger partial charge in [0.2, 0.25) is 5.91 Å². The van der Waals surface area contributed by atoms with Crippen LogP contribution in [0.25, 0.3) is 5.69 Å². The van der Waals surface area contributed by atoms with E-state index in [1.807, 2.05) is 61.7 Å². The van der Waals surface area contributed by atoms with Gasteiger partial charge in [-0.3, -0.25) is 14.5 Å². The largest absolute Gasteiger partial charge is 0.326 e. The van der Waals surface area contributed by atoms with E-state index < -0.39 is 11.7 Å². The first-order valence-corrected chi connectivity index (χ1v) is 12.2. The lowest BCUT2D eigenvalue weighted by Crippen LogP contribution is -2.47. The fourth-order valence-electron chi connectivity index (χ4n) is 5.09. The number of rotatable bonds is 5. The van der Waals surface area contributed by atoms with Crippen LogP contribution in [0.15, 0.2) is 91.1 Å². The van der Waals surface area contributed by atoms with Crippen molar-refractivity contribution in [2.75, 3.05) is 11.4 Å². The summed E-state index contributed by atoms with van der Waals surface area (Å²) < 4.78 is 16.6. The molecule has 1 unspecified atom stereocenters. The Bertz CT molecular complexity index is 1460. The highest BCUT2D eigenvalue weighted by Gasteiger charge is 2.40. The maximum atomic E-state index is 14.5. The molecule has 1 saturated carbocycles. The first-order chi connectivity index (χ1) is 17.5. The maximum Gasteiger partial charge on any atom is 0.257 e. The van der Waals surface area contributed by atoms with E-state index >= 15 is 0 Å². The lowest BCUT2D eigenvalue weighted by atomic mass is 9.97. The molecule has 4 aromatic rings. The van der Waals surface area contributed by atoms with E-state index in [0.717, 1.165) is 41.0 Å². The number of hydrogen-bond donors (Lipinski definition) is 0. The zero-order chi connectivity index (χ0) is 24.8. The quantitative estimate of drug-likeness (QED) is 0.371. The lowest BCUT2D eigenvalue weighted by molar-refractivity contribution is -0.119. The molecule has 0 radical (unpaired) electrons. The molecule has 2 heterocycles. The van der Waals surface area contributed by atoms with Crippen molar-refractivity contribution >= 4 is 17.5 Å². The van der Waals surface area contributed by atoms with E-state index in [2.05, 4.69) is 16.7 Å². The molecule has 1 atom stereocenters. The van der Waals surface area contributed by atoms with E-state index in [-0.39, 0.29) is 30.1 Å². The standard InChI is InChI=1S/C30H26FN3O2/c1-20-12-14-21(15-13-20)29-27-11-6-18-32(27)25-9-4-5-10-26(25)34(29)28(35)19-33(22-16-17-22)30(36)23-7-2-3-8-24(23)31/h2-15,18,22,29H,16-17,19H2,1H3. The molecule has 3 aromatic carbocycles. The molecule has 1 aliphatic heterocycles. The van der Waals surface area contributed by atoms with Gasteiger partial charge >= 0.3 is 0 Å². The SMILES string of the molecule is Cc1ccc(C2c3cccn3-c3ccccc3N2C(=O)CN(C(=O)c2ccccc2F)C2CC2)cc1. The normalized spacial score (nSPS) is 16.3.